The molecule has 1 saturated heterocycles. The number of carbonyl (C=O) groups is 4. The maximum atomic E-state index is 12.5. The Morgan fingerprint density at radius 1 is 1.03 bits per heavy atom. The number of ether oxygens (including phenoxy) is 2. The number of benzene rings is 2. The molecule has 0 unspecified atom stereocenters. The van der Waals surface area contributed by atoms with Gasteiger partial charge in [0, 0.05) is 28.8 Å². The first kappa shape index (κ1) is 27.4. The van der Waals surface area contributed by atoms with E-state index in [0.717, 1.165) is 34.9 Å². The van der Waals surface area contributed by atoms with Gasteiger partial charge in [-0.3, -0.25) is 14.4 Å². The van der Waals surface area contributed by atoms with E-state index in [0.29, 0.717) is 23.5 Å². The largest absolute Gasteiger partial charge is 0.462 e. The molecule has 192 valence electrons. The van der Waals surface area contributed by atoms with Crippen molar-refractivity contribution in [2.45, 2.75) is 46.5 Å². The van der Waals surface area contributed by atoms with Gasteiger partial charge in [0.1, 0.15) is 0 Å². The van der Waals surface area contributed by atoms with Crippen LogP contribution in [-0.4, -0.2) is 43.5 Å². The molecule has 1 aliphatic heterocycles. The van der Waals surface area contributed by atoms with Gasteiger partial charge >= 0.3 is 11.9 Å². The second-order valence-corrected chi connectivity index (χ2v) is 9.65. The second kappa shape index (κ2) is 12.7. The van der Waals surface area contributed by atoms with E-state index in [1.807, 2.05) is 19.9 Å². The fraction of sp³-hybridized carbons (Fsp3) is 0.407. The molecule has 1 aliphatic rings. The molecule has 36 heavy (non-hydrogen) atoms. The molecule has 3 rings (SSSR count). The number of rotatable bonds is 10. The second-order valence-electron chi connectivity index (χ2n) is 8.80. The molecule has 0 spiro atoms. The lowest BCUT2D eigenvalue weighted by molar-refractivity contribution is -0.151. The van der Waals surface area contributed by atoms with E-state index in [1.54, 1.807) is 30.3 Å². The van der Waals surface area contributed by atoms with Gasteiger partial charge in [-0.2, -0.15) is 0 Å². The molecular formula is C27H31BrN2O6. The number of hydrogen-bond acceptors (Lipinski definition) is 6. The molecule has 1 atom stereocenters. The molecule has 0 radical (unpaired) electrons. The summed E-state index contributed by atoms with van der Waals surface area (Å²) in [6.07, 6.45) is 2.86. The molecule has 1 fully saturated rings. The Labute approximate surface area is 219 Å². The van der Waals surface area contributed by atoms with E-state index < -0.39 is 30.4 Å². The monoisotopic (exact) mass is 558 g/mol. The zero-order valence-electron chi connectivity index (χ0n) is 20.8. The van der Waals surface area contributed by atoms with Gasteiger partial charge in [0.15, 0.2) is 6.61 Å². The van der Waals surface area contributed by atoms with Crippen LogP contribution in [0.2, 0.25) is 0 Å². The molecule has 8 nitrogen and oxygen atoms in total. The molecule has 1 heterocycles. The molecule has 2 aromatic rings. The summed E-state index contributed by atoms with van der Waals surface area (Å²) in [6, 6.07) is 10.1. The number of nitrogens with one attached hydrogen (secondary N) is 1. The third-order valence-corrected chi connectivity index (χ3v) is 7.05. The quantitative estimate of drug-likeness (QED) is 0.327. The van der Waals surface area contributed by atoms with Crippen LogP contribution in [0.3, 0.4) is 0 Å². The van der Waals surface area contributed by atoms with Crippen LogP contribution >= 0.6 is 15.9 Å². The predicted molar refractivity (Wildman–Crippen MR) is 140 cm³/mol. The van der Waals surface area contributed by atoms with Crippen LogP contribution in [0.1, 0.15) is 54.1 Å². The third-order valence-electron chi connectivity index (χ3n) is 6.19. The average Bonchev–Trinajstić information content (AvgIpc) is 3.27. The molecule has 2 amide bonds. The molecule has 0 aromatic heterocycles. The highest BCUT2D eigenvalue weighted by atomic mass is 79.9. The van der Waals surface area contributed by atoms with Crippen LogP contribution in [0.4, 0.5) is 11.4 Å². The van der Waals surface area contributed by atoms with Crippen molar-refractivity contribution >= 4 is 51.1 Å². The lowest BCUT2D eigenvalue weighted by Gasteiger charge is -2.17. The number of esters is 2. The number of amides is 2. The minimum Gasteiger partial charge on any atom is -0.462 e. The zero-order chi connectivity index (χ0) is 26.2. The Morgan fingerprint density at radius 2 is 1.75 bits per heavy atom. The molecule has 0 aliphatic carbocycles. The molecular weight excluding hydrogens is 528 g/mol. The topological polar surface area (TPSA) is 102 Å². The van der Waals surface area contributed by atoms with Crippen LogP contribution in [-0.2, 0) is 23.9 Å². The van der Waals surface area contributed by atoms with Crippen LogP contribution in [0.5, 0.6) is 0 Å². The SMILES string of the molecule is CCCCCOC(=O)c1ccc(N2C[C@H](C(=O)OCC(=O)Nc3ccc(Br)c(C)c3C)CC2=O)cc1. The van der Waals surface area contributed by atoms with Crippen molar-refractivity contribution < 1.29 is 28.7 Å². The van der Waals surface area contributed by atoms with E-state index in [1.165, 1.54) is 4.90 Å². The molecule has 2 aromatic carbocycles. The summed E-state index contributed by atoms with van der Waals surface area (Å²) < 4.78 is 11.4. The molecule has 1 N–H and O–H groups in total. The standard InChI is InChI=1S/C27H31BrN2O6/c1-4-5-6-13-35-26(33)19-7-9-21(10-8-19)30-15-20(14-25(30)32)27(34)36-16-24(31)29-23-12-11-22(28)17(2)18(23)3/h7-12,20H,4-6,13-16H2,1-3H3,(H,29,31)/t20-/m1/s1. The minimum absolute atomic E-state index is 0.00725. The van der Waals surface area contributed by atoms with Crippen molar-refractivity contribution in [3.63, 3.8) is 0 Å². The van der Waals surface area contributed by atoms with Crippen molar-refractivity contribution in [3.05, 3.63) is 57.6 Å². The lowest BCUT2D eigenvalue weighted by atomic mass is 10.1. The molecule has 0 saturated carbocycles. The minimum atomic E-state index is -0.676. The summed E-state index contributed by atoms with van der Waals surface area (Å²) in [4.78, 5) is 51.0. The molecule has 0 bridgehead atoms. The highest BCUT2D eigenvalue weighted by molar-refractivity contribution is 9.10. The lowest BCUT2D eigenvalue weighted by Crippen LogP contribution is -2.28. The number of halogens is 1. The van der Waals surface area contributed by atoms with E-state index in [9.17, 15) is 19.2 Å². The highest BCUT2D eigenvalue weighted by Crippen LogP contribution is 2.27. The maximum absolute atomic E-state index is 12.5. The first-order chi connectivity index (χ1) is 17.2. The van der Waals surface area contributed by atoms with Gasteiger partial charge in [-0.05, 0) is 67.8 Å². The van der Waals surface area contributed by atoms with Gasteiger partial charge < -0.3 is 19.7 Å². The van der Waals surface area contributed by atoms with Crippen LogP contribution in [0.15, 0.2) is 40.9 Å². The summed E-state index contributed by atoms with van der Waals surface area (Å²) >= 11 is 3.45. The summed E-state index contributed by atoms with van der Waals surface area (Å²) in [5.74, 6) is -2.36. The number of unbranched alkanes of at least 4 members (excludes halogenated alkanes) is 2. The van der Waals surface area contributed by atoms with E-state index >= 15 is 0 Å². The summed E-state index contributed by atoms with van der Waals surface area (Å²) in [7, 11) is 0. The van der Waals surface area contributed by atoms with E-state index in [4.69, 9.17) is 9.47 Å². The fourth-order valence-corrected chi connectivity index (χ4v) is 4.29. The Hall–Kier alpha value is -3.20. The van der Waals surface area contributed by atoms with Crippen molar-refractivity contribution in [2.24, 2.45) is 5.92 Å². The maximum Gasteiger partial charge on any atom is 0.338 e. The van der Waals surface area contributed by atoms with Gasteiger partial charge in [-0.15, -0.1) is 0 Å². The van der Waals surface area contributed by atoms with Crippen molar-refractivity contribution in [1.29, 1.82) is 0 Å². The van der Waals surface area contributed by atoms with Gasteiger partial charge in [0.25, 0.3) is 5.91 Å². The third kappa shape index (κ3) is 6.94. The van der Waals surface area contributed by atoms with Crippen LogP contribution in [0, 0.1) is 19.8 Å². The van der Waals surface area contributed by atoms with Crippen molar-refractivity contribution in [1.82, 2.24) is 0 Å². The zero-order valence-corrected chi connectivity index (χ0v) is 22.4. The number of hydrogen-bond donors (Lipinski definition) is 1. The van der Waals surface area contributed by atoms with Gasteiger partial charge in [0.2, 0.25) is 5.91 Å². The first-order valence-corrected chi connectivity index (χ1v) is 12.8. The average molecular weight is 559 g/mol. The number of nitrogens with zero attached hydrogens (tertiary/aromatic N) is 1. The van der Waals surface area contributed by atoms with Crippen LogP contribution < -0.4 is 10.2 Å². The van der Waals surface area contributed by atoms with E-state index in [2.05, 4.69) is 28.2 Å². The van der Waals surface area contributed by atoms with Gasteiger partial charge in [0.05, 0.1) is 18.1 Å². The summed E-state index contributed by atoms with van der Waals surface area (Å²) in [5, 5.41) is 2.75. The Bertz CT molecular complexity index is 1130. The first-order valence-electron chi connectivity index (χ1n) is 12.0. The Balaban J connectivity index is 1.50. The van der Waals surface area contributed by atoms with Crippen molar-refractivity contribution in [2.75, 3.05) is 30.0 Å². The molecule has 9 heteroatoms. The van der Waals surface area contributed by atoms with Gasteiger partial charge in [-0.25, -0.2) is 4.79 Å². The summed E-state index contributed by atoms with van der Waals surface area (Å²) in [6.45, 7) is 5.99. The smallest absolute Gasteiger partial charge is 0.338 e. The van der Waals surface area contributed by atoms with Gasteiger partial charge in [-0.1, -0.05) is 35.7 Å². The van der Waals surface area contributed by atoms with E-state index in [-0.39, 0.29) is 18.9 Å². The van der Waals surface area contributed by atoms with Crippen molar-refractivity contribution in [3.8, 4) is 0 Å². The normalized spacial score (nSPS) is 15.1. The predicted octanol–water partition coefficient (Wildman–Crippen LogP) is 4.95. The number of carbonyl (C=O) groups excluding carboxylic acids is 4. The Kier molecular flexibility index (Phi) is 9.64. The Morgan fingerprint density at radius 3 is 2.44 bits per heavy atom. The highest BCUT2D eigenvalue weighted by Gasteiger charge is 2.36. The fourth-order valence-electron chi connectivity index (χ4n) is 3.86. The van der Waals surface area contributed by atoms with Crippen LogP contribution in [0.25, 0.3) is 0 Å². The number of anilines is 2. The summed E-state index contributed by atoms with van der Waals surface area (Å²) in [5.41, 5.74) is 3.55.